The number of hydrogen-bond acceptors (Lipinski definition) is 13. The number of hydrogen-bond donors (Lipinski definition) is 1. The summed E-state index contributed by atoms with van der Waals surface area (Å²) in [4.78, 5) is 49.5. The molecule has 40 heavy (non-hydrogen) atoms. The summed E-state index contributed by atoms with van der Waals surface area (Å²) in [5.74, 6) is -0.453. The monoisotopic (exact) mass is 598 g/mol. The molecule has 1 aliphatic heterocycles. The van der Waals surface area contributed by atoms with Crippen LogP contribution in [0.1, 0.15) is 61.1 Å². The Kier molecular flexibility index (Phi) is 11.9. The summed E-state index contributed by atoms with van der Waals surface area (Å²) in [5, 5.41) is 0. The Balaban J connectivity index is 2.22. The van der Waals surface area contributed by atoms with E-state index in [9.17, 15) is 28.1 Å². The average Bonchev–Trinajstić information content (AvgIpc) is 3.13. The van der Waals surface area contributed by atoms with Crippen molar-refractivity contribution in [2.24, 2.45) is 5.92 Å². The van der Waals surface area contributed by atoms with Gasteiger partial charge in [0.15, 0.2) is 0 Å². The van der Waals surface area contributed by atoms with Crippen LogP contribution in [0.15, 0.2) is 21.9 Å². The van der Waals surface area contributed by atoms with E-state index in [-0.39, 0.29) is 6.42 Å². The van der Waals surface area contributed by atoms with Crippen LogP contribution in [0.25, 0.3) is 0 Å². The van der Waals surface area contributed by atoms with Gasteiger partial charge in [-0.25, -0.2) is 32.4 Å². The summed E-state index contributed by atoms with van der Waals surface area (Å²) in [6.45, 7) is 8.52. The molecule has 0 bridgehead atoms. The minimum Gasteiger partial charge on any atom is -0.432 e. The van der Waals surface area contributed by atoms with Crippen LogP contribution in [0.3, 0.4) is 0 Å². The summed E-state index contributed by atoms with van der Waals surface area (Å²) >= 11 is 0. The highest BCUT2D eigenvalue weighted by atomic mass is 31.2. The highest BCUT2D eigenvalue weighted by Gasteiger charge is 2.49. The number of rotatable bonds is 13. The molecule has 1 N–H and O–H groups in total. The summed E-state index contributed by atoms with van der Waals surface area (Å²) < 4.78 is 70.2. The first kappa shape index (κ1) is 33.4. The molecular formula is C23H36FN2O13P. The van der Waals surface area contributed by atoms with Crippen LogP contribution in [-0.4, -0.2) is 65.5 Å². The van der Waals surface area contributed by atoms with Gasteiger partial charge >= 0.3 is 25.8 Å². The first-order chi connectivity index (χ1) is 18.6. The molecule has 0 spiro atoms. The second-order valence-corrected chi connectivity index (χ2v) is 11.2. The minimum atomic E-state index is -4.78. The van der Waals surface area contributed by atoms with Crippen LogP contribution < -0.4 is 11.2 Å². The number of alkyl halides is 1. The summed E-state index contributed by atoms with van der Waals surface area (Å²) in [6, 6.07) is 1.11. The molecule has 15 nitrogen and oxygen atoms in total. The van der Waals surface area contributed by atoms with Gasteiger partial charge in [0.05, 0.1) is 18.8 Å². The van der Waals surface area contributed by atoms with Crippen molar-refractivity contribution >= 4 is 20.1 Å². The minimum absolute atomic E-state index is 0.000725. The van der Waals surface area contributed by atoms with Crippen molar-refractivity contribution in [3.05, 3.63) is 33.1 Å². The molecular weight excluding hydrogens is 562 g/mol. The lowest BCUT2D eigenvalue weighted by Gasteiger charge is -2.29. The Labute approximate surface area is 229 Å². The first-order valence-corrected chi connectivity index (χ1v) is 13.9. The second-order valence-electron chi connectivity index (χ2n) is 9.66. The normalized spacial score (nSPS) is 23.9. The zero-order valence-electron chi connectivity index (χ0n) is 23.3. The topological polar surface area (TPSA) is 180 Å². The maximum Gasteiger partial charge on any atom is 0.510 e. The van der Waals surface area contributed by atoms with Gasteiger partial charge in [-0.1, -0.05) is 6.92 Å². The van der Waals surface area contributed by atoms with E-state index < -0.39 is 87.2 Å². The zero-order chi connectivity index (χ0) is 30.3. The molecule has 1 aromatic rings. The maximum absolute atomic E-state index is 14.4. The lowest BCUT2D eigenvalue weighted by Crippen LogP contribution is -2.39. The summed E-state index contributed by atoms with van der Waals surface area (Å²) in [7, 11) is -4.78. The van der Waals surface area contributed by atoms with E-state index in [4.69, 9.17) is 37.3 Å². The van der Waals surface area contributed by atoms with E-state index >= 15 is 0 Å². The van der Waals surface area contributed by atoms with Crippen LogP contribution >= 0.6 is 7.82 Å². The smallest absolute Gasteiger partial charge is 0.432 e. The number of phosphoric ester groups is 1. The fourth-order valence-corrected chi connectivity index (χ4v) is 5.06. The van der Waals surface area contributed by atoms with Gasteiger partial charge in [0.1, 0.15) is 18.5 Å². The molecule has 2 heterocycles. The second kappa shape index (κ2) is 14.2. The molecule has 0 radical (unpaired) electrons. The fraction of sp³-hybridized carbons (Fsp3) is 0.739. The molecule has 0 amide bonds. The number of phosphoric acid groups is 1. The number of carbonyl (C=O) groups excluding carboxylic acids is 2. The lowest BCUT2D eigenvalue weighted by molar-refractivity contribution is -0.131. The Hall–Kier alpha value is -2.78. The van der Waals surface area contributed by atoms with Crippen LogP contribution in [-0.2, 0) is 41.8 Å². The fourth-order valence-electron chi connectivity index (χ4n) is 3.68. The molecule has 1 aliphatic rings. The van der Waals surface area contributed by atoms with Gasteiger partial charge in [0.25, 0.3) is 5.56 Å². The van der Waals surface area contributed by atoms with Gasteiger partial charge in [0.2, 0.25) is 12.6 Å². The van der Waals surface area contributed by atoms with Crippen molar-refractivity contribution in [3.8, 4) is 0 Å². The van der Waals surface area contributed by atoms with Gasteiger partial charge in [-0.2, -0.15) is 0 Å². The van der Waals surface area contributed by atoms with Crippen LogP contribution in [0, 0.1) is 5.92 Å². The maximum atomic E-state index is 14.4. The highest BCUT2D eigenvalue weighted by molar-refractivity contribution is 7.48. The van der Waals surface area contributed by atoms with Crippen molar-refractivity contribution in [3.63, 3.8) is 0 Å². The number of nitrogens with zero attached hydrogens (tertiary/aromatic N) is 1. The highest BCUT2D eigenvalue weighted by Crippen LogP contribution is 2.54. The Morgan fingerprint density at radius 1 is 1.05 bits per heavy atom. The van der Waals surface area contributed by atoms with Gasteiger partial charge in [-0.3, -0.25) is 18.9 Å². The zero-order valence-corrected chi connectivity index (χ0v) is 24.2. The molecule has 2 rings (SSSR count). The Morgan fingerprint density at radius 2 is 1.57 bits per heavy atom. The predicted octanol–water partition coefficient (Wildman–Crippen LogP) is 3.77. The molecule has 0 aliphatic carbocycles. The van der Waals surface area contributed by atoms with E-state index in [0.717, 1.165) is 10.6 Å². The Morgan fingerprint density at radius 3 is 2.02 bits per heavy atom. The van der Waals surface area contributed by atoms with E-state index in [1.807, 2.05) is 0 Å². The number of nitrogens with one attached hydrogen (secondary N) is 1. The van der Waals surface area contributed by atoms with Crippen LogP contribution in [0.2, 0.25) is 0 Å². The summed E-state index contributed by atoms with van der Waals surface area (Å²) in [5.41, 5.74) is -3.11. The van der Waals surface area contributed by atoms with Gasteiger partial charge < -0.3 is 23.7 Å². The standard InChI is InChI=1S/C23H36FN2O13P/c1-13(2)33-21(29)35-16(6)38-40(31,39-17(7)36-22(30)34-14(3)4)32-12-23(11-24)10-15(5)19(37-23)26-9-8-18(27)25-20(26)28/h8-9,13-17,19H,10-12H2,1-7H3,(H,25,27,28). The molecule has 1 fully saturated rings. The van der Waals surface area contributed by atoms with E-state index in [2.05, 4.69) is 4.98 Å². The number of H-pyrrole nitrogens is 1. The number of halogens is 1. The number of aromatic amines is 1. The van der Waals surface area contributed by atoms with Crippen molar-refractivity contribution in [1.82, 2.24) is 9.55 Å². The Bertz CT molecular complexity index is 1140. The number of carbonyl (C=O) groups is 2. The van der Waals surface area contributed by atoms with E-state index in [1.54, 1.807) is 34.6 Å². The molecule has 5 unspecified atom stereocenters. The van der Waals surface area contributed by atoms with Crippen molar-refractivity contribution in [2.75, 3.05) is 13.3 Å². The largest absolute Gasteiger partial charge is 0.510 e. The molecule has 5 atom stereocenters. The van der Waals surface area contributed by atoms with Crippen molar-refractivity contribution < 1.29 is 55.8 Å². The van der Waals surface area contributed by atoms with Gasteiger partial charge in [-0.15, -0.1) is 0 Å². The average molecular weight is 599 g/mol. The quantitative estimate of drug-likeness (QED) is 0.197. The molecule has 1 saturated heterocycles. The molecule has 228 valence electrons. The van der Waals surface area contributed by atoms with Crippen LogP contribution in [0.4, 0.5) is 14.0 Å². The molecule has 0 saturated carbocycles. The number of ether oxygens (including phenoxy) is 5. The lowest BCUT2D eigenvalue weighted by atomic mass is 9.96. The molecule has 0 aromatic carbocycles. The molecule has 1 aromatic heterocycles. The summed E-state index contributed by atoms with van der Waals surface area (Å²) in [6.07, 6.45) is -6.21. The molecule has 17 heteroatoms. The number of aromatic nitrogens is 2. The third-order valence-corrected chi connectivity index (χ3v) is 6.70. The van der Waals surface area contributed by atoms with E-state index in [0.29, 0.717) is 0 Å². The van der Waals surface area contributed by atoms with Gasteiger partial charge in [-0.05, 0) is 48.0 Å². The van der Waals surface area contributed by atoms with Gasteiger partial charge in [0, 0.05) is 18.2 Å². The SMILES string of the molecule is CC(C)OC(=O)OC(C)OP(=O)(OCC1(CF)CC(C)C(n2ccc(=O)[nH]c2=O)O1)OC(C)OC(=O)OC(C)C. The third-order valence-electron chi connectivity index (χ3n) is 5.15. The van der Waals surface area contributed by atoms with Crippen molar-refractivity contribution in [1.29, 1.82) is 0 Å². The van der Waals surface area contributed by atoms with Crippen molar-refractivity contribution in [2.45, 2.75) is 91.5 Å². The predicted molar refractivity (Wildman–Crippen MR) is 134 cm³/mol. The van der Waals surface area contributed by atoms with Crippen LogP contribution in [0.5, 0.6) is 0 Å². The third kappa shape index (κ3) is 10.0. The first-order valence-electron chi connectivity index (χ1n) is 12.5. The van der Waals surface area contributed by atoms with E-state index in [1.165, 1.54) is 20.0 Å².